The van der Waals surface area contributed by atoms with Gasteiger partial charge in [0, 0.05) is 60.1 Å². The number of amides is 3. The summed E-state index contributed by atoms with van der Waals surface area (Å²) in [6, 6.07) is 15.9. The van der Waals surface area contributed by atoms with Gasteiger partial charge in [0.25, 0.3) is 0 Å². The van der Waals surface area contributed by atoms with Gasteiger partial charge in [0.05, 0.1) is 0 Å². The normalized spacial score (nSPS) is 18.8. The number of aromatic amines is 1. The smallest absolute Gasteiger partial charge is 0.321 e. The SMILES string of the molecule is CNC(=O)NC(=O)CCN1C[C@H](c2ccccc2Cl)c2c([nH]c3ccccc23)[C@H]1C. The number of imide groups is 1. The topological polar surface area (TPSA) is 77.2 Å². The number of benzene rings is 2. The number of aromatic nitrogens is 1. The molecule has 4 rings (SSSR count). The second-order valence-corrected chi connectivity index (χ2v) is 8.03. The van der Waals surface area contributed by atoms with E-state index in [-0.39, 0.29) is 24.3 Å². The zero-order valence-electron chi connectivity index (χ0n) is 17.0. The van der Waals surface area contributed by atoms with Crippen molar-refractivity contribution in [2.75, 3.05) is 20.1 Å². The average Bonchev–Trinajstić information content (AvgIpc) is 3.14. The lowest BCUT2D eigenvalue weighted by Crippen LogP contribution is -2.41. The molecule has 156 valence electrons. The lowest BCUT2D eigenvalue weighted by atomic mass is 9.83. The third-order valence-corrected chi connectivity index (χ3v) is 6.24. The summed E-state index contributed by atoms with van der Waals surface area (Å²) in [5.41, 5.74) is 4.61. The first-order valence-electron chi connectivity index (χ1n) is 10.1. The van der Waals surface area contributed by atoms with Gasteiger partial charge in [-0.3, -0.25) is 15.0 Å². The molecule has 2 heterocycles. The maximum atomic E-state index is 12.1. The van der Waals surface area contributed by atoms with Gasteiger partial charge in [-0.25, -0.2) is 4.79 Å². The first-order chi connectivity index (χ1) is 14.5. The molecule has 3 N–H and O–H groups in total. The second-order valence-electron chi connectivity index (χ2n) is 7.62. The van der Waals surface area contributed by atoms with Crippen molar-refractivity contribution in [2.45, 2.75) is 25.3 Å². The minimum absolute atomic E-state index is 0.0862. The van der Waals surface area contributed by atoms with Crippen LogP contribution in [-0.2, 0) is 4.79 Å². The van der Waals surface area contributed by atoms with Gasteiger partial charge in [-0.1, -0.05) is 48.0 Å². The van der Waals surface area contributed by atoms with E-state index >= 15 is 0 Å². The van der Waals surface area contributed by atoms with E-state index < -0.39 is 6.03 Å². The number of hydrogen-bond acceptors (Lipinski definition) is 3. The molecule has 2 atom stereocenters. The lowest BCUT2D eigenvalue weighted by molar-refractivity contribution is -0.120. The Hall–Kier alpha value is -2.83. The molecule has 7 heteroatoms. The van der Waals surface area contributed by atoms with Crippen LogP contribution < -0.4 is 10.6 Å². The fourth-order valence-electron chi connectivity index (χ4n) is 4.35. The summed E-state index contributed by atoms with van der Waals surface area (Å²) >= 11 is 6.59. The molecule has 0 radical (unpaired) electrons. The van der Waals surface area contributed by atoms with Gasteiger partial charge in [-0.2, -0.15) is 0 Å². The van der Waals surface area contributed by atoms with Crippen LogP contribution in [0.15, 0.2) is 48.5 Å². The Labute approximate surface area is 180 Å². The van der Waals surface area contributed by atoms with Crippen molar-refractivity contribution >= 4 is 34.4 Å². The van der Waals surface area contributed by atoms with Crippen LogP contribution in [0.2, 0.25) is 5.02 Å². The third-order valence-electron chi connectivity index (χ3n) is 5.89. The molecule has 0 saturated carbocycles. The molecule has 2 aromatic carbocycles. The highest BCUT2D eigenvalue weighted by Gasteiger charge is 2.35. The third kappa shape index (κ3) is 3.80. The molecule has 0 fully saturated rings. The summed E-state index contributed by atoms with van der Waals surface area (Å²) in [5, 5.41) is 6.68. The van der Waals surface area contributed by atoms with Crippen LogP contribution in [0.5, 0.6) is 0 Å². The summed E-state index contributed by atoms with van der Waals surface area (Å²) in [5.74, 6) is -0.207. The van der Waals surface area contributed by atoms with Crippen LogP contribution >= 0.6 is 11.6 Å². The Kier molecular flexibility index (Phi) is 5.79. The minimum Gasteiger partial charge on any atom is -0.357 e. The standard InChI is InChI=1S/C23H25ClN4O2/c1-14-22-21(16-8-4-6-10-19(16)26-22)17(15-7-3-5-9-18(15)24)13-28(14)12-11-20(29)27-23(30)25-2/h3-10,14,17,26H,11-13H2,1-2H3,(H2,25,27,29,30)/t14-,17-/m1/s1. The van der Waals surface area contributed by atoms with Crippen molar-refractivity contribution in [1.29, 1.82) is 0 Å². The first kappa shape index (κ1) is 20.4. The van der Waals surface area contributed by atoms with Crippen LogP contribution in [0.25, 0.3) is 10.9 Å². The van der Waals surface area contributed by atoms with Gasteiger partial charge in [0.2, 0.25) is 5.91 Å². The average molecular weight is 425 g/mol. The quantitative estimate of drug-likeness (QED) is 0.588. The van der Waals surface area contributed by atoms with Crippen LogP contribution in [-0.4, -0.2) is 42.0 Å². The van der Waals surface area contributed by atoms with E-state index in [1.807, 2.05) is 24.3 Å². The fourth-order valence-corrected chi connectivity index (χ4v) is 4.62. The van der Waals surface area contributed by atoms with Gasteiger partial charge in [-0.05, 0) is 30.2 Å². The Morgan fingerprint density at radius 1 is 1.17 bits per heavy atom. The molecule has 1 aliphatic heterocycles. The van der Waals surface area contributed by atoms with Crippen LogP contribution in [0.1, 0.15) is 42.1 Å². The predicted octanol–water partition coefficient (Wildman–Crippen LogP) is 4.18. The number of carbonyl (C=O) groups excluding carboxylic acids is 2. The summed E-state index contributed by atoms with van der Waals surface area (Å²) in [6.45, 7) is 3.43. The van der Waals surface area contributed by atoms with E-state index in [0.717, 1.165) is 28.3 Å². The van der Waals surface area contributed by atoms with Crippen LogP contribution in [0, 0.1) is 0 Å². The molecule has 1 aromatic heterocycles. The highest BCUT2D eigenvalue weighted by Crippen LogP contribution is 2.44. The minimum atomic E-state index is -0.487. The summed E-state index contributed by atoms with van der Waals surface area (Å²) in [4.78, 5) is 29.4. The summed E-state index contributed by atoms with van der Waals surface area (Å²) in [7, 11) is 1.49. The summed E-state index contributed by atoms with van der Waals surface area (Å²) < 4.78 is 0. The molecule has 30 heavy (non-hydrogen) atoms. The van der Waals surface area contributed by atoms with Crippen molar-refractivity contribution in [2.24, 2.45) is 0 Å². The van der Waals surface area contributed by atoms with Gasteiger partial charge in [0.15, 0.2) is 0 Å². The number of carbonyl (C=O) groups is 2. The zero-order chi connectivity index (χ0) is 21.3. The number of H-pyrrole nitrogens is 1. The number of urea groups is 1. The molecule has 6 nitrogen and oxygen atoms in total. The largest absolute Gasteiger partial charge is 0.357 e. The van der Waals surface area contributed by atoms with E-state index in [2.05, 4.69) is 51.7 Å². The van der Waals surface area contributed by atoms with E-state index in [9.17, 15) is 9.59 Å². The van der Waals surface area contributed by atoms with Crippen molar-refractivity contribution in [3.05, 3.63) is 70.4 Å². The number of hydrogen-bond donors (Lipinski definition) is 3. The highest BCUT2D eigenvalue weighted by molar-refractivity contribution is 6.31. The molecular weight excluding hydrogens is 400 g/mol. The second kappa shape index (κ2) is 8.50. The van der Waals surface area contributed by atoms with Gasteiger partial charge in [0.1, 0.15) is 0 Å². The Balaban J connectivity index is 1.68. The van der Waals surface area contributed by atoms with E-state index in [0.29, 0.717) is 6.54 Å². The molecular formula is C23H25ClN4O2. The molecule has 0 unspecified atom stereocenters. The number of fused-ring (bicyclic) bond motifs is 3. The number of rotatable bonds is 4. The molecule has 3 aromatic rings. The maximum absolute atomic E-state index is 12.1. The van der Waals surface area contributed by atoms with Gasteiger partial charge >= 0.3 is 6.03 Å². The Bertz CT molecular complexity index is 1090. The van der Waals surface area contributed by atoms with Crippen molar-refractivity contribution in [3.8, 4) is 0 Å². The molecule has 0 aliphatic carbocycles. The zero-order valence-corrected chi connectivity index (χ0v) is 17.8. The fraction of sp³-hybridized carbons (Fsp3) is 0.304. The molecule has 0 spiro atoms. The molecule has 0 saturated heterocycles. The molecule has 1 aliphatic rings. The van der Waals surface area contributed by atoms with Crippen molar-refractivity contribution in [3.63, 3.8) is 0 Å². The Morgan fingerprint density at radius 3 is 2.67 bits per heavy atom. The Morgan fingerprint density at radius 2 is 1.90 bits per heavy atom. The number of nitrogens with zero attached hydrogens (tertiary/aromatic N) is 1. The lowest BCUT2D eigenvalue weighted by Gasteiger charge is -2.38. The van der Waals surface area contributed by atoms with Gasteiger partial charge in [-0.15, -0.1) is 0 Å². The highest BCUT2D eigenvalue weighted by atomic mass is 35.5. The van der Waals surface area contributed by atoms with E-state index in [1.165, 1.54) is 18.0 Å². The molecule has 3 amide bonds. The number of halogens is 1. The monoisotopic (exact) mass is 424 g/mol. The maximum Gasteiger partial charge on any atom is 0.321 e. The van der Waals surface area contributed by atoms with E-state index in [4.69, 9.17) is 11.6 Å². The number of para-hydroxylation sites is 1. The predicted molar refractivity (Wildman–Crippen MR) is 119 cm³/mol. The molecule has 0 bridgehead atoms. The summed E-state index contributed by atoms with van der Waals surface area (Å²) in [6.07, 6.45) is 0.239. The van der Waals surface area contributed by atoms with Crippen molar-refractivity contribution < 1.29 is 9.59 Å². The van der Waals surface area contributed by atoms with Crippen molar-refractivity contribution in [1.82, 2.24) is 20.5 Å². The number of nitrogens with one attached hydrogen (secondary N) is 3. The van der Waals surface area contributed by atoms with Crippen LogP contribution in [0.3, 0.4) is 0 Å². The van der Waals surface area contributed by atoms with Gasteiger partial charge < -0.3 is 10.3 Å². The first-order valence-corrected chi connectivity index (χ1v) is 10.5. The van der Waals surface area contributed by atoms with Crippen LogP contribution in [0.4, 0.5) is 4.79 Å². The van der Waals surface area contributed by atoms with E-state index in [1.54, 1.807) is 0 Å².